The van der Waals surface area contributed by atoms with Crippen molar-refractivity contribution < 1.29 is 4.79 Å². The van der Waals surface area contributed by atoms with Crippen molar-refractivity contribution in [3.63, 3.8) is 0 Å². The van der Waals surface area contributed by atoms with Crippen LogP contribution in [0.2, 0.25) is 0 Å². The van der Waals surface area contributed by atoms with Crippen LogP contribution in [0, 0.1) is 17.3 Å². The van der Waals surface area contributed by atoms with E-state index in [-0.39, 0.29) is 21.7 Å². The first kappa shape index (κ1) is 9.08. The van der Waals surface area contributed by atoms with Crippen molar-refractivity contribution in [3.8, 4) is 0 Å². The third-order valence-corrected chi connectivity index (χ3v) is 2.60. The molecule has 1 fully saturated rings. The average Bonchev–Trinajstić information content (AvgIpc) is 2.33. The molecule has 0 aromatic heterocycles. The summed E-state index contributed by atoms with van der Waals surface area (Å²) in [7, 11) is 0. The second-order valence-electron chi connectivity index (χ2n) is 3.40. The first-order valence-corrected chi connectivity index (χ1v) is 4.16. The molecule has 0 saturated heterocycles. The molecule has 3 heteroatoms. The zero-order valence-corrected chi connectivity index (χ0v) is 7.91. The zero-order chi connectivity index (χ0) is 8.65. The average molecular weight is 192 g/mol. The lowest BCUT2D eigenvalue weighted by Gasteiger charge is -1.95. The Morgan fingerprint density at radius 1 is 1.55 bits per heavy atom. The van der Waals surface area contributed by atoms with E-state index in [2.05, 4.69) is 0 Å². The van der Waals surface area contributed by atoms with E-state index < -0.39 is 0 Å². The molecule has 0 aromatic carbocycles. The van der Waals surface area contributed by atoms with Gasteiger partial charge in [0.05, 0.1) is 0 Å². The first-order chi connectivity index (χ1) is 5.00. The quantitative estimate of drug-likeness (QED) is 0.657. The number of hydrogen-bond acceptors (Lipinski definition) is 1. The number of allylic oxidation sites excluding steroid dienone is 1. The lowest BCUT2D eigenvalue weighted by atomic mass is 10.1. The highest BCUT2D eigenvalue weighted by Gasteiger charge is 2.57. The highest BCUT2D eigenvalue weighted by molar-refractivity contribution is 6.55. The maximum atomic E-state index is 10.3. The molecule has 61 valence electrons. The molecule has 0 amide bonds. The van der Waals surface area contributed by atoms with Crippen LogP contribution in [-0.4, -0.2) is 6.29 Å². The highest BCUT2D eigenvalue weighted by Crippen LogP contribution is 2.58. The highest BCUT2D eigenvalue weighted by atomic mass is 35.5. The predicted octanol–water partition coefficient (Wildman–Crippen LogP) is 2.69. The van der Waals surface area contributed by atoms with Crippen molar-refractivity contribution in [2.45, 2.75) is 13.8 Å². The minimum absolute atomic E-state index is 0.00319. The van der Waals surface area contributed by atoms with Gasteiger partial charge in [0.15, 0.2) is 0 Å². The van der Waals surface area contributed by atoms with Crippen molar-refractivity contribution in [2.24, 2.45) is 17.3 Å². The number of carbonyl (C=O) groups excluding carboxylic acids is 1. The van der Waals surface area contributed by atoms with Crippen LogP contribution in [0.5, 0.6) is 0 Å². The monoisotopic (exact) mass is 191 g/mol. The van der Waals surface area contributed by atoms with Gasteiger partial charge in [0.2, 0.25) is 6.29 Å². The van der Waals surface area contributed by atoms with Gasteiger partial charge in [0.25, 0.3) is 0 Å². The maximum Gasteiger partial charge on any atom is 0.202 e. The van der Waals surface area contributed by atoms with E-state index in [0.29, 0.717) is 0 Å². The van der Waals surface area contributed by atoms with E-state index in [1.165, 1.54) is 0 Å². The van der Waals surface area contributed by atoms with Crippen LogP contribution in [-0.2, 0) is 4.79 Å². The van der Waals surface area contributed by atoms with Crippen LogP contribution >= 0.6 is 23.2 Å². The third kappa shape index (κ3) is 1.60. The van der Waals surface area contributed by atoms with Gasteiger partial charge < -0.3 is 0 Å². The summed E-state index contributed by atoms with van der Waals surface area (Å²) < 4.78 is 0.237. The Bertz CT molecular complexity index is 204. The lowest BCUT2D eigenvalue weighted by molar-refractivity contribution is 0.528. The molecule has 2 unspecified atom stereocenters. The molecule has 2 atom stereocenters. The van der Waals surface area contributed by atoms with Crippen LogP contribution in [0.1, 0.15) is 13.8 Å². The topological polar surface area (TPSA) is 17.1 Å². The number of halogens is 2. The van der Waals surface area contributed by atoms with E-state index in [1.54, 1.807) is 6.08 Å². The second-order valence-corrected chi connectivity index (χ2v) is 4.41. The van der Waals surface area contributed by atoms with Crippen LogP contribution in [0.4, 0.5) is 0 Å². The Kier molecular flexibility index (Phi) is 2.31. The van der Waals surface area contributed by atoms with Crippen LogP contribution in [0.3, 0.4) is 0 Å². The summed E-state index contributed by atoms with van der Waals surface area (Å²) in [6, 6.07) is 0. The van der Waals surface area contributed by atoms with Gasteiger partial charge in [-0.05, 0) is 17.4 Å². The van der Waals surface area contributed by atoms with Gasteiger partial charge in [-0.3, -0.25) is 4.79 Å². The van der Waals surface area contributed by atoms with E-state index >= 15 is 0 Å². The van der Waals surface area contributed by atoms with Gasteiger partial charge >= 0.3 is 0 Å². The smallest absolute Gasteiger partial charge is 0.202 e. The Balaban J connectivity index is 2.67. The number of rotatable bonds is 2. The van der Waals surface area contributed by atoms with E-state index in [4.69, 9.17) is 23.2 Å². The SMILES string of the molecule is CC1(C)C([C]=O)C1C=C(Cl)Cl. The molecular formula is C8H9Cl2O. The fourth-order valence-corrected chi connectivity index (χ4v) is 1.62. The Hall–Kier alpha value is -0.0100. The number of hydrogen-bond donors (Lipinski definition) is 0. The second kappa shape index (κ2) is 2.80. The van der Waals surface area contributed by atoms with Gasteiger partial charge in [-0.1, -0.05) is 37.0 Å². The summed E-state index contributed by atoms with van der Waals surface area (Å²) in [6.45, 7) is 4.00. The van der Waals surface area contributed by atoms with Crippen LogP contribution < -0.4 is 0 Å². The first-order valence-electron chi connectivity index (χ1n) is 3.40. The summed E-state index contributed by atoms with van der Waals surface area (Å²) in [6.07, 6.45) is 3.68. The maximum absolute atomic E-state index is 10.3. The largest absolute Gasteiger partial charge is 0.291 e. The molecule has 1 radical (unpaired) electrons. The summed E-state index contributed by atoms with van der Waals surface area (Å²) in [4.78, 5) is 10.3. The molecule has 0 aliphatic heterocycles. The molecular weight excluding hydrogens is 183 g/mol. The van der Waals surface area contributed by atoms with Crippen molar-refractivity contribution in [1.82, 2.24) is 0 Å². The predicted molar refractivity (Wildman–Crippen MR) is 46.2 cm³/mol. The van der Waals surface area contributed by atoms with Crippen molar-refractivity contribution in [2.75, 3.05) is 0 Å². The van der Waals surface area contributed by atoms with Crippen molar-refractivity contribution >= 4 is 29.5 Å². The van der Waals surface area contributed by atoms with Gasteiger partial charge in [0, 0.05) is 5.92 Å². The Labute approximate surface area is 76.4 Å². The van der Waals surface area contributed by atoms with E-state index in [0.717, 1.165) is 0 Å². The minimum atomic E-state index is -0.0324. The van der Waals surface area contributed by atoms with Gasteiger partial charge in [-0.2, -0.15) is 0 Å². The summed E-state index contributed by atoms with van der Waals surface area (Å²) in [5.74, 6) is 0.139. The van der Waals surface area contributed by atoms with Crippen molar-refractivity contribution in [3.05, 3.63) is 10.6 Å². The summed E-state index contributed by atoms with van der Waals surface area (Å²) >= 11 is 10.9. The molecule has 1 aliphatic rings. The molecule has 1 nitrogen and oxygen atoms in total. The normalized spacial score (nSPS) is 32.7. The van der Waals surface area contributed by atoms with Gasteiger partial charge in [0.1, 0.15) is 4.49 Å². The molecule has 1 rings (SSSR count). The molecule has 0 aromatic rings. The molecule has 0 bridgehead atoms. The summed E-state index contributed by atoms with van der Waals surface area (Å²) in [5, 5.41) is 0. The van der Waals surface area contributed by atoms with Crippen LogP contribution in [0.25, 0.3) is 0 Å². The fraction of sp³-hybridized carbons (Fsp3) is 0.625. The van der Waals surface area contributed by atoms with Crippen molar-refractivity contribution in [1.29, 1.82) is 0 Å². The Morgan fingerprint density at radius 3 is 2.36 bits per heavy atom. The Morgan fingerprint density at radius 2 is 2.09 bits per heavy atom. The van der Waals surface area contributed by atoms with Crippen LogP contribution in [0.15, 0.2) is 10.6 Å². The fourth-order valence-electron chi connectivity index (χ4n) is 1.35. The molecule has 1 saturated carbocycles. The molecule has 1 aliphatic carbocycles. The molecule has 0 N–H and O–H groups in total. The molecule has 0 heterocycles. The zero-order valence-electron chi connectivity index (χ0n) is 6.40. The molecule has 11 heavy (non-hydrogen) atoms. The molecule has 0 spiro atoms. The third-order valence-electron chi connectivity index (χ3n) is 2.34. The summed E-state index contributed by atoms with van der Waals surface area (Å²) in [5.41, 5.74) is -0.00319. The van der Waals surface area contributed by atoms with E-state index in [1.807, 2.05) is 20.1 Å². The lowest BCUT2D eigenvalue weighted by Crippen LogP contribution is -1.89. The minimum Gasteiger partial charge on any atom is -0.291 e. The van der Waals surface area contributed by atoms with E-state index in [9.17, 15) is 4.79 Å². The van der Waals surface area contributed by atoms with Gasteiger partial charge in [-0.15, -0.1) is 0 Å². The van der Waals surface area contributed by atoms with Gasteiger partial charge in [-0.25, -0.2) is 0 Å². The standard InChI is InChI=1S/C8H9Cl2O/c1-8(2)5(3-7(9)10)6(8)4-11/h3,5-6H,1-2H3.